The molecule has 6 rings (SSSR count). The lowest BCUT2D eigenvalue weighted by molar-refractivity contribution is -0.138. The number of para-hydroxylation sites is 1. The molecule has 0 aliphatic carbocycles. The summed E-state index contributed by atoms with van der Waals surface area (Å²) in [4.78, 5) is 27.8. The maximum atomic E-state index is 13.5. The van der Waals surface area contributed by atoms with Crippen LogP contribution in [0, 0.1) is 0 Å². The second-order valence-corrected chi connectivity index (χ2v) is 10.4. The minimum atomic E-state index is -0.491. The van der Waals surface area contributed by atoms with Crippen LogP contribution in [0.3, 0.4) is 0 Å². The number of amides is 2. The maximum Gasteiger partial charge on any atom is 0.244 e. The van der Waals surface area contributed by atoms with Gasteiger partial charge in [0.1, 0.15) is 10.9 Å². The zero-order valence-electron chi connectivity index (χ0n) is 19.7. The third-order valence-corrected chi connectivity index (χ3v) is 8.56. The molecule has 1 N–H and O–H groups in total. The van der Waals surface area contributed by atoms with Gasteiger partial charge in [-0.3, -0.25) is 9.59 Å². The average Bonchev–Trinajstić information content (AvgIpc) is 3.63. The highest BCUT2D eigenvalue weighted by molar-refractivity contribution is 8.00. The quantitative estimate of drug-likeness (QED) is 0.420. The summed E-state index contributed by atoms with van der Waals surface area (Å²) in [5.74, 6) is 0.509. The van der Waals surface area contributed by atoms with E-state index in [1.165, 1.54) is 0 Å². The van der Waals surface area contributed by atoms with Crippen molar-refractivity contribution in [1.82, 2.24) is 20.0 Å². The summed E-state index contributed by atoms with van der Waals surface area (Å²) in [6.45, 7) is 0.331. The molecule has 2 atom stereocenters. The number of carbonyl (C=O) groups excluding carboxylic acids is 2. The van der Waals surface area contributed by atoms with Gasteiger partial charge in [-0.05, 0) is 24.1 Å². The van der Waals surface area contributed by atoms with Gasteiger partial charge < -0.3 is 10.2 Å². The van der Waals surface area contributed by atoms with Crippen molar-refractivity contribution in [3.05, 3.63) is 108 Å². The Hall–Kier alpha value is -3.84. The van der Waals surface area contributed by atoms with Crippen LogP contribution in [0.1, 0.15) is 24.0 Å². The fraction of sp³-hybridized carbons (Fsp3) is 0.207. The highest BCUT2D eigenvalue weighted by Gasteiger charge is 2.56. The molecule has 1 aromatic heterocycles. The molecule has 2 amide bonds. The summed E-state index contributed by atoms with van der Waals surface area (Å²) in [6, 6.07) is 29.5. The number of benzene rings is 3. The van der Waals surface area contributed by atoms with Gasteiger partial charge in [0.05, 0.1) is 11.4 Å². The van der Waals surface area contributed by atoms with Crippen LogP contribution in [-0.4, -0.2) is 38.3 Å². The Balaban J connectivity index is 1.26. The summed E-state index contributed by atoms with van der Waals surface area (Å²) < 4.78 is 1.85. The third-order valence-electron chi connectivity index (χ3n) is 6.97. The van der Waals surface area contributed by atoms with E-state index in [9.17, 15) is 9.59 Å². The standard InChI is InChI=1S/C29H26N4O2S/c34-26-16-17-29(23-12-6-2-7-13-23)33(26)25(20-36-29)28(35)30-18-22-19-32(24-14-8-3-9-15-24)31-27(22)21-10-4-1-5-11-21/h1-15,19,25H,16-18,20H2,(H,30,35)/t25-,29-/m0/s1. The SMILES string of the molecule is O=C(NCc1cn(-c2ccccc2)nc1-c1ccccc1)[C@@H]1CS[C@]2(c3ccccc3)CCC(=O)N12. The summed E-state index contributed by atoms with van der Waals surface area (Å²) >= 11 is 1.70. The van der Waals surface area contributed by atoms with E-state index >= 15 is 0 Å². The van der Waals surface area contributed by atoms with Gasteiger partial charge in [0, 0.05) is 36.0 Å². The zero-order chi connectivity index (χ0) is 24.5. The fourth-order valence-corrected chi connectivity index (χ4v) is 6.88. The third kappa shape index (κ3) is 3.89. The Labute approximate surface area is 214 Å². The molecule has 180 valence electrons. The van der Waals surface area contributed by atoms with Gasteiger partial charge in [0.2, 0.25) is 11.8 Å². The van der Waals surface area contributed by atoms with Crippen molar-refractivity contribution in [2.45, 2.75) is 30.3 Å². The van der Waals surface area contributed by atoms with Gasteiger partial charge in [0.15, 0.2) is 0 Å². The lowest BCUT2D eigenvalue weighted by atomic mass is 10.0. The van der Waals surface area contributed by atoms with Gasteiger partial charge in [-0.25, -0.2) is 4.68 Å². The van der Waals surface area contributed by atoms with Crippen LogP contribution in [0.25, 0.3) is 16.9 Å². The lowest BCUT2D eigenvalue weighted by Crippen LogP contribution is -2.49. The Morgan fingerprint density at radius 1 is 0.972 bits per heavy atom. The topological polar surface area (TPSA) is 67.2 Å². The van der Waals surface area contributed by atoms with E-state index in [1.807, 2.05) is 94.6 Å². The largest absolute Gasteiger partial charge is 0.350 e. The van der Waals surface area contributed by atoms with E-state index in [0.717, 1.165) is 34.5 Å². The smallest absolute Gasteiger partial charge is 0.244 e. The molecular formula is C29H26N4O2S. The average molecular weight is 495 g/mol. The van der Waals surface area contributed by atoms with Crippen LogP contribution >= 0.6 is 11.8 Å². The molecule has 2 saturated heterocycles. The Morgan fingerprint density at radius 3 is 2.36 bits per heavy atom. The first kappa shape index (κ1) is 22.6. The van der Waals surface area contributed by atoms with Crippen molar-refractivity contribution in [3.8, 4) is 16.9 Å². The van der Waals surface area contributed by atoms with Crippen molar-refractivity contribution in [3.63, 3.8) is 0 Å². The number of hydrogen-bond donors (Lipinski definition) is 1. The molecule has 0 saturated carbocycles. The number of nitrogens with one attached hydrogen (secondary N) is 1. The fourth-order valence-electron chi connectivity index (χ4n) is 5.23. The molecule has 6 nitrogen and oxygen atoms in total. The number of aromatic nitrogens is 2. The number of hydrogen-bond acceptors (Lipinski definition) is 4. The highest BCUT2D eigenvalue weighted by atomic mass is 32.2. The van der Waals surface area contributed by atoms with Gasteiger partial charge in [-0.2, -0.15) is 5.10 Å². The predicted molar refractivity (Wildman–Crippen MR) is 141 cm³/mol. The number of carbonyl (C=O) groups is 2. The van der Waals surface area contributed by atoms with Crippen LogP contribution < -0.4 is 5.32 Å². The van der Waals surface area contributed by atoms with Gasteiger partial charge >= 0.3 is 0 Å². The number of thioether (sulfide) groups is 1. The van der Waals surface area contributed by atoms with E-state index in [2.05, 4.69) is 17.4 Å². The second-order valence-electron chi connectivity index (χ2n) is 9.11. The molecule has 36 heavy (non-hydrogen) atoms. The van der Waals surface area contributed by atoms with E-state index in [-0.39, 0.29) is 11.8 Å². The molecule has 0 radical (unpaired) electrons. The van der Waals surface area contributed by atoms with Crippen LogP contribution in [0.4, 0.5) is 0 Å². The minimum Gasteiger partial charge on any atom is -0.350 e. The van der Waals surface area contributed by atoms with Gasteiger partial charge in [0.25, 0.3) is 0 Å². The minimum absolute atomic E-state index is 0.0471. The zero-order valence-corrected chi connectivity index (χ0v) is 20.5. The van der Waals surface area contributed by atoms with Crippen LogP contribution in [0.5, 0.6) is 0 Å². The van der Waals surface area contributed by atoms with E-state index < -0.39 is 10.9 Å². The maximum absolute atomic E-state index is 13.5. The van der Waals surface area contributed by atoms with Crippen LogP contribution in [0.15, 0.2) is 97.2 Å². The summed E-state index contributed by atoms with van der Waals surface area (Å²) in [6.07, 6.45) is 3.16. The van der Waals surface area contributed by atoms with E-state index in [1.54, 1.807) is 11.8 Å². The molecule has 0 bridgehead atoms. The molecule has 2 aliphatic rings. The molecule has 0 unspecified atom stereocenters. The van der Waals surface area contributed by atoms with Gasteiger partial charge in [-0.15, -0.1) is 11.8 Å². The van der Waals surface area contributed by atoms with Gasteiger partial charge in [-0.1, -0.05) is 78.9 Å². The monoisotopic (exact) mass is 494 g/mol. The summed E-state index contributed by atoms with van der Waals surface area (Å²) in [5.41, 5.74) is 4.79. The van der Waals surface area contributed by atoms with Crippen molar-refractivity contribution in [2.24, 2.45) is 0 Å². The first-order valence-corrected chi connectivity index (χ1v) is 13.1. The van der Waals surface area contributed by atoms with Crippen molar-refractivity contribution >= 4 is 23.6 Å². The molecule has 2 aliphatic heterocycles. The predicted octanol–water partition coefficient (Wildman–Crippen LogP) is 4.75. The molecular weight excluding hydrogens is 468 g/mol. The Bertz CT molecular complexity index is 1390. The van der Waals surface area contributed by atoms with Crippen LogP contribution in [-0.2, 0) is 21.0 Å². The molecule has 2 fully saturated rings. The second kappa shape index (κ2) is 9.32. The summed E-state index contributed by atoms with van der Waals surface area (Å²) in [5, 5.41) is 7.96. The highest BCUT2D eigenvalue weighted by Crippen LogP contribution is 2.54. The van der Waals surface area contributed by atoms with E-state index in [0.29, 0.717) is 18.7 Å². The van der Waals surface area contributed by atoms with Crippen molar-refractivity contribution < 1.29 is 9.59 Å². The van der Waals surface area contributed by atoms with E-state index in [4.69, 9.17) is 5.10 Å². The molecule has 7 heteroatoms. The first-order valence-electron chi connectivity index (χ1n) is 12.1. The first-order chi connectivity index (χ1) is 17.7. The number of nitrogens with zero attached hydrogens (tertiary/aromatic N) is 3. The Kier molecular flexibility index (Phi) is 5.85. The lowest BCUT2D eigenvalue weighted by Gasteiger charge is -2.34. The number of rotatable bonds is 6. The van der Waals surface area contributed by atoms with Crippen molar-refractivity contribution in [1.29, 1.82) is 0 Å². The molecule has 0 spiro atoms. The van der Waals surface area contributed by atoms with Crippen molar-refractivity contribution in [2.75, 3.05) is 5.75 Å². The molecule has 3 aromatic carbocycles. The Morgan fingerprint density at radius 2 is 1.64 bits per heavy atom. The molecule has 3 heterocycles. The normalized spacial score (nSPS) is 20.9. The number of fused-ring (bicyclic) bond motifs is 1. The van der Waals surface area contributed by atoms with Crippen LogP contribution in [0.2, 0.25) is 0 Å². The molecule has 4 aromatic rings. The summed E-state index contributed by atoms with van der Waals surface area (Å²) in [7, 11) is 0.